The van der Waals surface area contributed by atoms with Crippen LogP contribution < -0.4 is 5.32 Å². The third kappa shape index (κ3) is 4.57. The van der Waals surface area contributed by atoms with Crippen LogP contribution in [-0.4, -0.2) is 43.0 Å². The minimum Gasteiger partial charge on any atom is -0.345 e. The molecule has 0 aliphatic heterocycles. The van der Waals surface area contributed by atoms with E-state index in [0.717, 1.165) is 34.0 Å². The van der Waals surface area contributed by atoms with E-state index in [1.165, 1.54) is 11.3 Å². The number of nitrogens with one attached hydrogen (secondary N) is 2. The third-order valence-corrected chi connectivity index (χ3v) is 3.92. The molecule has 0 fully saturated rings. The van der Waals surface area contributed by atoms with E-state index in [1.807, 2.05) is 21.0 Å². The highest BCUT2D eigenvalue weighted by Crippen LogP contribution is 2.15. The lowest BCUT2D eigenvalue weighted by molar-refractivity contribution is -0.129. The summed E-state index contributed by atoms with van der Waals surface area (Å²) < 4.78 is 0.739. The van der Waals surface area contributed by atoms with Gasteiger partial charge < -0.3 is 15.2 Å². The van der Waals surface area contributed by atoms with Crippen molar-refractivity contribution in [3.8, 4) is 0 Å². The van der Waals surface area contributed by atoms with Gasteiger partial charge in [0.1, 0.15) is 0 Å². The van der Waals surface area contributed by atoms with Crippen molar-refractivity contribution in [3.05, 3.63) is 14.5 Å². The molecule has 1 aromatic rings. The molecule has 0 spiro atoms. The average molecular weight is 273 g/mol. The molecular formula is C11H19N3OS2. The van der Waals surface area contributed by atoms with Crippen LogP contribution in [0.2, 0.25) is 0 Å². The molecule has 0 bridgehead atoms. The molecule has 1 amide bonds. The van der Waals surface area contributed by atoms with Gasteiger partial charge in [0.25, 0.3) is 0 Å². The Morgan fingerprint density at radius 2 is 2.29 bits per heavy atom. The lowest BCUT2D eigenvalue weighted by Gasteiger charge is -2.16. The summed E-state index contributed by atoms with van der Waals surface area (Å²) in [5.41, 5.74) is 1.01. The molecular weight excluding hydrogens is 254 g/mol. The Labute approximate surface area is 111 Å². The summed E-state index contributed by atoms with van der Waals surface area (Å²) in [7, 11) is 3.76. The SMILES string of the molecule is CNCCCN(C)C(=O)Cc1sc(=S)[nH]c1C. The number of amides is 1. The van der Waals surface area contributed by atoms with Crippen molar-refractivity contribution < 1.29 is 4.79 Å². The van der Waals surface area contributed by atoms with Crippen LogP contribution in [0.3, 0.4) is 0 Å². The Hall–Kier alpha value is -0.720. The van der Waals surface area contributed by atoms with E-state index in [4.69, 9.17) is 12.2 Å². The molecule has 1 rings (SSSR count). The lowest BCUT2D eigenvalue weighted by atomic mass is 10.2. The number of hydrogen-bond acceptors (Lipinski definition) is 4. The molecule has 0 aliphatic carbocycles. The summed E-state index contributed by atoms with van der Waals surface area (Å²) in [5, 5.41) is 3.07. The number of carbonyl (C=O) groups is 1. The minimum absolute atomic E-state index is 0.148. The number of hydrogen-bond donors (Lipinski definition) is 2. The van der Waals surface area contributed by atoms with Gasteiger partial charge in [0, 0.05) is 24.2 Å². The van der Waals surface area contributed by atoms with Gasteiger partial charge in [-0.1, -0.05) is 0 Å². The van der Waals surface area contributed by atoms with E-state index in [0.29, 0.717) is 6.42 Å². The molecule has 96 valence electrons. The molecule has 2 N–H and O–H groups in total. The van der Waals surface area contributed by atoms with Gasteiger partial charge in [0.05, 0.1) is 6.42 Å². The number of thiazole rings is 1. The fraction of sp³-hybridized carbons (Fsp3) is 0.636. The van der Waals surface area contributed by atoms with Gasteiger partial charge in [-0.15, -0.1) is 11.3 Å². The Morgan fingerprint density at radius 3 is 2.82 bits per heavy atom. The number of aromatic amines is 1. The molecule has 0 saturated carbocycles. The number of likely N-dealkylation sites (N-methyl/N-ethyl adjacent to an activating group) is 1. The zero-order valence-electron chi connectivity index (χ0n) is 10.5. The Morgan fingerprint density at radius 1 is 1.59 bits per heavy atom. The third-order valence-electron chi connectivity index (χ3n) is 2.58. The largest absolute Gasteiger partial charge is 0.345 e. The predicted octanol–water partition coefficient (Wildman–Crippen LogP) is 1.72. The molecule has 17 heavy (non-hydrogen) atoms. The Bertz CT molecular complexity index is 425. The second-order valence-electron chi connectivity index (χ2n) is 4.01. The normalized spacial score (nSPS) is 10.5. The van der Waals surface area contributed by atoms with Gasteiger partial charge in [0.15, 0.2) is 3.95 Å². The fourth-order valence-electron chi connectivity index (χ4n) is 1.50. The predicted molar refractivity (Wildman–Crippen MR) is 74.1 cm³/mol. The number of rotatable bonds is 6. The highest BCUT2D eigenvalue weighted by molar-refractivity contribution is 7.73. The standard InChI is InChI=1S/C11H19N3OS2/c1-8-9(17-11(16)13-8)7-10(15)14(3)6-4-5-12-2/h12H,4-7H2,1-3H3,(H,13,16). The maximum Gasteiger partial charge on any atom is 0.227 e. The molecule has 0 aromatic carbocycles. The van der Waals surface area contributed by atoms with Crippen LogP contribution in [0, 0.1) is 10.9 Å². The lowest BCUT2D eigenvalue weighted by Crippen LogP contribution is -2.30. The van der Waals surface area contributed by atoms with E-state index in [1.54, 1.807) is 4.90 Å². The highest BCUT2D eigenvalue weighted by Gasteiger charge is 2.12. The summed E-state index contributed by atoms with van der Waals surface area (Å²) in [4.78, 5) is 17.8. The second kappa shape index (κ2) is 6.88. The molecule has 1 aromatic heterocycles. The van der Waals surface area contributed by atoms with E-state index in [-0.39, 0.29) is 5.91 Å². The monoisotopic (exact) mass is 273 g/mol. The Kier molecular flexibility index (Phi) is 5.80. The van der Waals surface area contributed by atoms with Gasteiger partial charge in [-0.3, -0.25) is 4.79 Å². The number of H-pyrrole nitrogens is 1. The van der Waals surface area contributed by atoms with Crippen molar-refractivity contribution in [2.24, 2.45) is 0 Å². The fourth-order valence-corrected chi connectivity index (χ4v) is 2.78. The molecule has 1 heterocycles. The van der Waals surface area contributed by atoms with Crippen molar-refractivity contribution in [1.29, 1.82) is 0 Å². The maximum absolute atomic E-state index is 11.9. The number of carbonyl (C=O) groups excluding carboxylic acids is 1. The first-order valence-corrected chi connectivity index (χ1v) is 6.84. The van der Waals surface area contributed by atoms with Crippen LogP contribution in [0.1, 0.15) is 17.0 Å². The zero-order valence-corrected chi connectivity index (χ0v) is 12.1. The quantitative estimate of drug-likeness (QED) is 0.613. The minimum atomic E-state index is 0.148. The Balaban J connectivity index is 2.48. The van der Waals surface area contributed by atoms with Gasteiger partial charge in [-0.2, -0.15) is 0 Å². The first kappa shape index (κ1) is 14.3. The van der Waals surface area contributed by atoms with Crippen LogP contribution in [0.4, 0.5) is 0 Å². The summed E-state index contributed by atoms with van der Waals surface area (Å²) in [6, 6.07) is 0. The van der Waals surface area contributed by atoms with Crippen LogP contribution in [0.25, 0.3) is 0 Å². The smallest absolute Gasteiger partial charge is 0.227 e. The zero-order chi connectivity index (χ0) is 12.8. The van der Waals surface area contributed by atoms with Gasteiger partial charge >= 0.3 is 0 Å². The van der Waals surface area contributed by atoms with Crippen LogP contribution in [0.5, 0.6) is 0 Å². The van der Waals surface area contributed by atoms with Crippen LogP contribution in [0.15, 0.2) is 0 Å². The van der Waals surface area contributed by atoms with Gasteiger partial charge in [-0.25, -0.2) is 0 Å². The molecule has 0 aliphatic rings. The summed E-state index contributed by atoms with van der Waals surface area (Å²) in [5.74, 6) is 0.148. The van der Waals surface area contributed by atoms with Crippen LogP contribution in [-0.2, 0) is 11.2 Å². The summed E-state index contributed by atoms with van der Waals surface area (Å²) in [6.07, 6.45) is 1.42. The van der Waals surface area contributed by atoms with Gasteiger partial charge in [0.2, 0.25) is 5.91 Å². The van der Waals surface area contributed by atoms with E-state index < -0.39 is 0 Å². The molecule has 4 nitrogen and oxygen atoms in total. The van der Waals surface area contributed by atoms with Crippen LogP contribution >= 0.6 is 23.6 Å². The average Bonchev–Trinajstić information content (AvgIpc) is 2.57. The molecule has 0 unspecified atom stereocenters. The van der Waals surface area contributed by atoms with Gasteiger partial charge in [-0.05, 0) is 39.2 Å². The van der Waals surface area contributed by atoms with Crippen molar-refractivity contribution in [1.82, 2.24) is 15.2 Å². The van der Waals surface area contributed by atoms with E-state index in [9.17, 15) is 4.79 Å². The topological polar surface area (TPSA) is 48.1 Å². The highest BCUT2D eigenvalue weighted by atomic mass is 32.1. The van der Waals surface area contributed by atoms with Crippen molar-refractivity contribution in [2.45, 2.75) is 19.8 Å². The molecule has 0 atom stereocenters. The number of nitrogens with zero attached hydrogens (tertiary/aromatic N) is 1. The van der Waals surface area contributed by atoms with Crippen molar-refractivity contribution in [2.75, 3.05) is 27.2 Å². The van der Waals surface area contributed by atoms with E-state index >= 15 is 0 Å². The van der Waals surface area contributed by atoms with E-state index in [2.05, 4.69) is 10.3 Å². The second-order valence-corrected chi connectivity index (χ2v) is 5.78. The number of aromatic nitrogens is 1. The first-order chi connectivity index (χ1) is 8.04. The number of aryl methyl sites for hydroxylation is 1. The summed E-state index contributed by atoms with van der Waals surface area (Å²) in [6.45, 7) is 3.67. The summed E-state index contributed by atoms with van der Waals surface area (Å²) >= 11 is 6.54. The van der Waals surface area contributed by atoms with Crippen molar-refractivity contribution in [3.63, 3.8) is 0 Å². The van der Waals surface area contributed by atoms with Crippen molar-refractivity contribution >= 4 is 29.5 Å². The molecule has 0 saturated heterocycles. The molecule has 6 heteroatoms. The molecule has 0 radical (unpaired) electrons. The first-order valence-electron chi connectivity index (χ1n) is 5.61. The maximum atomic E-state index is 11.9.